The van der Waals surface area contributed by atoms with Crippen molar-refractivity contribution in [3.8, 4) is 0 Å². The molecule has 0 aliphatic carbocycles. The number of hydrogen-bond acceptors (Lipinski definition) is 5. The van der Waals surface area contributed by atoms with E-state index in [1.54, 1.807) is 12.1 Å². The molecule has 0 atom stereocenters. The largest absolute Gasteiger partial charge is 0.465 e. The van der Waals surface area contributed by atoms with E-state index >= 15 is 0 Å². The molecule has 1 N–H and O–H groups in total. The first-order valence-corrected chi connectivity index (χ1v) is 10.9. The van der Waals surface area contributed by atoms with Crippen molar-refractivity contribution in [2.75, 3.05) is 20.2 Å². The lowest BCUT2D eigenvalue weighted by atomic mass is 10.1. The zero-order valence-electron chi connectivity index (χ0n) is 18.5. The highest BCUT2D eigenvalue weighted by Crippen LogP contribution is 2.16. The Balaban J connectivity index is 0.000000182. The van der Waals surface area contributed by atoms with Gasteiger partial charge in [0.1, 0.15) is 0 Å². The Morgan fingerprint density at radius 3 is 1.62 bits per heavy atom. The highest BCUT2D eigenvalue weighted by Gasteiger charge is 2.20. The molecular formula is C25H30N2O5. The lowest BCUT2D eigenvalue weighted by Gasteiger charge is -2.15. The van der Waals surface area contributed by atoms with Gasteiger partial charge in [0, 0.05) is 39.0 Å². The fourth-order valence-electron chi connectivity index (χ4n) is 3.80. The Kier molecular flexibility index (Phi) is 8.39. The third kappa shape index (κ3) is 6.40. The van der Waals surface area contributed by atoms with Gasteiger partial charge in [-0.05, 0) is 41.7 Å². The van der Waals surface area contributed by atoms with Gasteiger partial charge < -0.3 is 19.6 Å². The number of benzene rings is 2. The van der Waals surface area contributed by atoms with Crippen LogP contribution in [0.1, 0.15) is 52.7 Å². The standard InChI is InChI=1S/C13H15NO3.C12H15NO2/c1-17-13(16)11-6-4-10(5-7-11)9-14-8-2-3-12(14)15;14-9-11-5-3-10(4-6-11)8-13-7-1-2-12(13)15/h4-7H,2-3,8-9H2,1H3;3-6,14H,1-2,7-9H2. The number of amides is 2. The van der Waals surface area contributed by atoms with Crippen LogP contribution in [0.15, 0.2) is 48.5 Å². The average molecular weight is 439 g/mol. The van der Waals surface area contributed by atoms with Crippen molar-refractivity contribution in [1.29, 1.82) is 0 Å². The molecule has 2 aliphatic heterocycles. The predicted molar refractivity (Wildman–Crippen MR) is 119 cm³/mol. The number of aliphatic hydroxyl groups is 1. The van der Waals surface area contributed by atoms with Gasteiger partial charge in [-0.3, -0.25) is 9.59 Å². The monoisotopic (exact) mass is 438 g/mol. The molecule has 0 aromatic heterocycles. The number of nitrogens with zero attached hydrogens (tertiary/aromatic N) is 2. The van der Waals surface area contributed by atoms with Crippen molar-refractivity contribution in [2.24, 2.45) is 0 Å². The Hall–Kier alpha value is -3.19. The van der Waals surface area contributed by atoms with Crippen molar-refractivity contribution in [2.45, 2.75) is 45.4 Å². The van der Waals surface area contributed by atoms with Gasteiger partial charge in [-0.25, -0.2) is 4.79 Å². The van der Waals surface area contributed by atoms with Gasteiger partial charge in [-0.1, -0.05) is 36.4 Å². The smallest absolute Gasteiger partial charge is 0.337 e. The minimum atomic E-state index is -0.339. The van der Waals surface area contributed by atoms with Gasteiger partial charge in [-0.15, -0.1) is 0 Å². The van der Waals surface area contributed by atoms with Crippen LogP contribution >= 0.6 is 0 Å². The molecule has 2 fully saturated rings. The molecule has 2 amide bonds. The van der Waals surface area contributed by atoms with Crippen LogP contribution in [0, 0.1) is 0 Å². The molecule has 0 saturated carbocycles. The Morgan fingerprint density at radius 1 is 0.812 bits per heavy atom. The van der Waals surface area contributed by atoms with Gasteiger partial charge in [0.05, 0.1) is 19.3 Å². The van der Waals surface area contributed by atoms with E-state index < -0.39 is 0 Å². The number of hydrogen-bond donors (Lipinski definition) is 1. The maximum Gasteiger partial charge on any atom is 0.337 e. The molecule has 2 aromatic rings. The SMILES string of the molecule is COC(=O)c1ccc(CN2CCCC2=O)cc1.O=C1CCCN1Cc1ccc(CO)cc1. The first-order chi connectivity index (χ1) is 15.5. The molecule has 170 valence electrons. The first kappa shape index (κ1) is 23.5. The molecule has 7 nitrogen and oxygen atoms in total. The zero-order valence-corrected chi connectivity index (χ0v) is 18.5. The van der Waals surface area contributed by atoms with E-state index in [9.17, 15) is 14.4 Å². The van der Waals surface area contributed by atoms with Crippen molar-refractivity contribution < 1.29 is 24.2 Å². The summed E-state index contributed by atoms with van der Waals surface area (Å²) in [5, 5.41) is 8.89. The van der Waals surface area contributed by atoms with Crippen molar-refractivity contribution in [1.82, 2.24) is 9.80 Å². The number of aliphatic hydroxyl groups excluding tert-OH is 1. The number of esters is 1. The summed E-state index contributed by atoms with van der Waals surface area (Å²) in [4.78, 5) is 37.8. The van der Waals surface area contributed by atoms with Crippen molar-refractivity contribution in [3.05, 3.63) is 70.8 Å². The van der Waals surface area contributed by atoms with Gasteiger partial charge >= 0.3 is 5.97 Å². The second-order valence-electron chi connectivity index (χ2n) is 8.00. The second-order valence-corrected chi connectivity index (χ2v) is 8.00. The molecule has 0 bridgehead atoms. The molecule has 7 heteroatoms. The lowest BCUT2D eigenvalue weighted by Crippen LogP contribution is -2.23. The van der Waals surface area contributed by atoms with Crippen LogP contribution in [0.4, 0.5) is 0 Å². The summed E-state index contributed by atoms with van der Waals surface area (Å²) >= 11 is 0. The molecule has 0 radical (unpaired) electrons. The van der Waals surface area contributed by atoms with Crippen LogP contribution in [0.3, 0.4) is 0 Å². The summed E-state index contributed by atoms with van der Waals surface area (Å²) in [5.74, 6) is 0.122. The lowest BCUT2D eigenvalue weighted by molar-refractivity contribution is -0.129. The maximum absolute atomic E-state index is 11.5. The van der Waals surface area contributed by atoms with E-state index in [1.807, 2.05) is 46.2 Å². The number of ether oxygens (including phenoxy) is 1. The van der Waals surface area contributed by atoms with Crippen LogP contribution in [0.25, 0.3) is 0 Å². The van der Waals surface area contributed by atoms with Gasteiger partial charge in [0.2, 0.25) is 11.8 Å². The minimum Gasteiger partial charge on any atom is -0.465 e. The molecular weight excluding hydrogens is 408 g/mol. The highest BCUT2D eigenvalue weighted by molar-refractivity contribution is 5.89. The molecule has 2 aromatic carbocycles. The normalized spacial score (nSPS) is 15.6. The predicted octanol–water partition coefficient (Wildman–Crippen LogP) is 2.90. The van der Waals surface area contributed by atoms with Gasteiger partial charge in [0.25, 0.3) is 0 Å². The summed E-state index contributed by atoms with van der Waals surface area (Å²) < 4.78 is 4.62. The van der Waals surface area contributed by atoms with Gasteiger partial charge in [-0.2, -0.15) is 0 Å². The van der Waals surface area contributed by atoms with E-state index in [0.29, 0.717) is 31.5 Å². The third-order valence-electron chi connectivity index (χ3n) is 5.67. The quantitative estimate of drug-likeness (QED) is 0.701. The Labute approximate surface area is 188 Å². The van der Waals surface area contributed by atoms with E-state index in [2.05, 4.69) is 4.74 Å². The summed E-state index contributed by atoms with van der Waals surface area (Å²) in [6, 6.07) is 14.9. The van der Waals surface area contributed by atoms with Crippen LogP contribution in [0.5, 0.6) is 0 Å². The Bertz CT molecular complexity index is 924. The van der Waals surface area contributed by atoms with Crippen LogP contribution in [0.2, 0.25) is 0 Å². The minimum absolute atomic E-state index is 0.0723. The molecule has 2 heterocycles. The molecule has 0 unspecified atom stereocenters. The van der Waals surface area contributed by atoms with Gasteiger partial charge in [0.15, 0.2) is 0 Å². The molecule has 32 heavy (non-hydrogen) atoms. The fourth-order valence-corrected chi connectivity index (χ4v) is 3.80. The topological polar surface area (TPSA) is 87.2 Å². The molecule has 4 rings (SSSR count). The fraction of sp³-hybridized carbons (Fsp3) is 0.400. The molecule has 2 aliphatic rings. The number of methoxy groups -OCH3 is 1. The highest BCUT2D eigenvalue weighted by atomic mass is 16.5. The zero-order chi connectivity index (χ0) is 22.9. The molecule has 0 spiro atoms. The summed E-state index contributed by atoms with van der Waals surface area (Å²) in [6.07, 6.45) is 3.27. The van der Waals surface area contributed by atoms with E-state index in [0.717, 1.165) is 42.6 Å². The average Bonchev–Trinajstić information content (AvgIpc) is 3.42. The summed E-state index contributed by atoms with van der Waals surface area (Å²) in [5.41, 5.74) is 3.60. The Morgan fingerprint density at radius 2 is 1.25 bits per heavy atom. The second kappa shape index (κ2) is 11.4. The van der Waals surface area contributed by atoms with Crippen LogP contribution in [-0.4, -0.2) is 52.9 Å². The van der Waals surface area contributed by atoms with E-state index in [-0.39, 0.29) is 24.4 Å². The van der Waals surface area contributed by atoms with E-state index in [4.69, 9.17) is 5.11 Å². The number of rotatable bonds is 6. The van der Waals surface area contributed by atoms with Crippen LogP contribution in [-0.2, 0) is 34.0 Å². The number of likely N-dealkylation sites (tertiary alicyclic amines) is 2. The molecule has 2 saturated heterocycles. The summed E-state index contributed by atoms with van der Waals surface area (Å²) in [6.45, 7) is 3.10. The van der Waals surface area contributed by atoms with Crippen molar-refractivity contribution >= 4 is 17.8 Å². The number of carbonyl (C=O) groups is 3. The third-order valence-corrected chi connectivity index (χ3v) is 5.67. The van der Waals surface area contributed by atoms with Crippen LogP contribution < -0.4 is 0 Å². The summed E-state index contributed by atoms with van der Waals surface area (Å²) in [7, 11) is 1.36. The maximum atomic E-state index is 11.5. The first-order valence-electron chi connectivity index (χ1n) is 10.9. The number of carbonyl (C=O) groups excluding carboxylic acids is 3. The van der Waals surface area contributed by atoms with E-state index in [1.165, 1.54) is 7.11 Å². The van der Waals surface area contributed by atoms with Crippen molar-refractivity contribution in [3.63, 3.8) is 0 Å².